The SMILES string of the molecule is Fc1c([C@H]([C@H]2CCCNC2)n2ncnn2)ccc2ccccc12. The number of hydrogen-bond donors (Lipinski definition) is 1. The number of piperidine rings is 1. The summed E-state index contributed by atoms with van der Waals surface area (Å²) in [4.78, 5) is 1.55. The van der Waals surface area contributed by atoms with Crippen molar-refractivity contribution < 1.29 is 4.39 Å². The second kappa shape index (κ2) is 6.04. The molecule has 0 bridgehead atoms. The molecule has 0 amide bonds. The minimum Gasteiger partial charge on any atom is -0.316 e. The van der Waals surface area contributed by atoms with Crippen LogP contribution in [0.15, 0.2) is 42.7 Å². The van der Waals surface area contributed by atoms with Gasteiger partial charge in [-0.1, -0.05) is 36.4 Å². The summed E-state index contributed by atoms with van der Waals surface area (Å²) in [5, 5.41) is 17.0. The summed E-state index contributed by atoms with van der Waals surface area (Å²) < 4.78 is 15.2. The predicted octanol–water partition coefficient (Wildman–Crippen LogP) is 2.55. The van der Waals surface area contributed by atoms with E-state index in [1.807, 2.05) is 36.4 Å². The number of rotatable bonds is 3. The van der Waals surface area contributed by atoms with Gasteiger partial charge in [-0.25, -0.2) is 4.39 Å². The maximum absolute atomic E-state index is 15.2. The third kappa shape index (κ3) is 2.59. The molecule has 6 heteroatoms. The van der Waals surface area contributed by atoms with Crippen molar-refractivity contribution in [3.05, 3.63) is 54.1 Å². The lowest BCUT2D eigenvalue weighted by Crippen LogP contribution is -2.36. The Bertz CT molecular complexity index is 796. The molecule has 4 rings (SSSR count). The van der Waals surface area contributed by atoms with Crippen LogP contribution in [0.2, 0.25) is 0 Å². The van der Waals surface area contributed by atoms with Gasteiger partial charge in [0, 0.05) is 17.5 Å². The standard InChI is InChI=1S/C17H18FN5/c18-16-14-6-2-1-4-12(14)7-8-15(16)17(23-21-11-20-22-23)13-5-3-9-19-10-13/h1-2,4,6-8,11,13,17,19H,3,5,9-10H2/t13-,17-/m0/s1. The maximum atomic E-state index is 15.2. The van der Waals surface area contributed by atoms with Crippen molar-refractivity contribution in [2.45, 2.75) is 18.9 Å². The van der Waals surface area contributed by atoms with Gasteiger partial charge in [-0.05, 0) is 35.9 Å². The topological polar surface area (TPSA) is 55.6 Å². The van der Waals surface area contributed by atoms with Crippen LogP contribution in [0.5, 0.6) is 0 Å². The fraction of sp³-hybridized carbons (Fsp3) is 0.353. The van der Waals surface area contributed by atoms with Crippen LogP contribution in [0.4, 0.5) is 4.39 Å². The summed E-state index contributed by atoms with van der Waals surface area (Å²) in [5.74, 6) is 0.0598. The molecule has 2 aromatic carbocycles. The quantitative estimate of drug-likeness (QED) is 0.807. The van der Waals surface area contributed by atoms with Crippen LogP contribution >= 0.6 is 0 Å². The molecule has 23 heavy (non-hydrogen) atoms. The van der Waals surface area contributed by atoms with E-state index in [0.717, 1.165) is 31.3 Å². The normalized spacial score (nSPS) is 19.8. The Hall–Kier alpha value is -2.34. The van der Waals surface area contributed by atoms with Crippen LogP contribution < -0.4 is 5.32 Å². The number of tetrazole rings is 1. The molecule has 2 heterocycles. The van der Waals surface area contributed by atoms with Crippen molar-refractivity contribution >= 4 is 10.8 Å². The molecule has 1 saturated heterocycles. The van der Waals surface area contributed by atoms with Gasteiger partial charge in [-0.2, -0.15) is 4.80 Å². The Morgan fingerprint density at radius 2 is 2.13 bits per heavy atom. The van der Waals surface area contributed by atoms with Crippen molar-refractivity contribution in [3.63, 3.8) is 0 Å². The molecule has 2 atom stereocenters. The van der Waals surface area contributed by atoms with Gasteiger partial charge in [0.25, 0.3) is 0 Å². The minimum absolute atomic E-state index is 0.184. The Kier molecular flexibility index (Phi) is 3.75. The van der Waals surface area contributed by atoms with Crippen molar-refractivity contribution in [2.75, 3.05) is 13.1 Å². The molecule has 3 aromatic rings. The fourth-order valence-corrected chi connectivity index (χ4v) is 3.50. The number of nitrogens with zero attached hydrogens (tertiary/aromatic N) is 4. The highest BCUT2D eigenvalue weighted by Gasteiger charge is 2.30. The van der Waals surface area contributed by atoms with Gasteiger partial charge >= 0.3 is 0 Å². The molecule has 1 aliphatic rings. The van der Waals surface area contributed by atoms with E-state index in [1.165, 1.54) is 6.33 Å². The molecular weight excluding hydrogens is 293 g/mol. The molecule has 1 fully saturated rings. The van der Waals surface area contributed by atoms with Gasteiger partial charge in [0.2, 0.25) is 0 Å². The van der Waals surface area contributed by atoms with Crippen LogP contribution in [0.1, 0.15) is 24.4 Å². The number of nitrogens with one attached hydrogen (secondary N) is 1. The fourth-order valence-electron chi connectivity index (χ4n) is 3.50. The number of halogens is 1. The van der Waals surface area contributed by atoms with E-state index in [9.17, 15) is 0 Å². The van der Waals surface area contributed by atoms with Gasteiger partial charge in [0.15, 0.2) is 6.33 Å². The molecule has 0 spiro atoms. The first-order valence-corrected chi connectivity index (χ1v) is 7.95. The summed E-state index contributed by atoms with van der Waals surface area (Å²) in [6.07, 6.45) is 3.50. The van der Waals surface area contributed by atoms with Crippen LogP contribution in [0.3, 0.4) is 0 Å². The zero-order valence-electron chi connectivity index (χ0n) is 12.7. The first-order valence-electron chi connectivity index (χ1n) is 7.95. The number of aromatic nitrogens is 4. The van der Waals surface area contributed by atoms with Crippen molar-refractivity contribution in [2.24, 2.45) is 5.92 Å². The highest BCUT2D eigenvalue weighted by Crippen LogP contribution is 2.34. The lowest BCUT2D eigenvalue weighted by molar-refractivity contribution is 0.257. The van der Waals surface area contributed by atoms with Crippen molar-refractivity contribution in [1.82, 2.24) is 25.5 Å². The molecule has 0 saturated carbocycles. The van der Waals surface area contributed by atoms with E-state index in [-0.39, 0.29) is 17.8 Å². The van der Waals surface area contributed by atoms with Crippen LogP contribution in [0, 0.1) is 11.7 Å². The van der Waals surface area contributed by atoms with E-state index in [2.05, 4.69) is 20.7 Å². The second-order valence-corrected chi connectivity index (χ2v) is 6.00. The second-order valence-electron chi connectivity index (χ2n) is 6.00. The highest BCUT2D eigenvalue weighted by molar-refractivity contribution is 5.83. The zero-order chi connectivity index (χ0) is 15.6. The van der Waals surface area contributed by atoms with Crippen molar-refractivity contribution in [1.29, 1.82) is 0 Å². The summed E-state index contributed by atoms with van der Waals surface area (Å²) in [6.45, 7) is 1.84. The van der Waals surface area contributed by atoms with Gasteiger partial charge in [-0.15, -0.1) is 10.2 Å². The molecule has 1 aromatic heterocycles. The molecule has 0 radical (unpaired) electrons. The van der Waals surface area contributed by atoms with E-state index in [0.29, 0.717) is 10.9 Å². The Labute approximate surface area is 133 Å². The molecule has 5 nitrogen and oxygen atoms in total. The summed E-state index contributed by atoms with van der Waals surface area (Å²) in [7, 11) is 0. The molecular formula is C17H18FN5. The largest absolute Gasteiger partial charge is 0.316 e. The van der Waals surface area contributed by atoms with Crippen LogP contribution in [-0.4, -0.2) is 33.3 Å². The first kappa shape index (κ1) is 14.3. The third-order valence-corrected chi connectivity index (χ3v) is 4.61. The zero-order valence-corrected chi connectivity index (χ0v) is 12.7. The van der Waals surface area contributed by atoms with E-state index >= 15 is 4.39 Å². The lowest BCUT2D eigenvalue weighted by Gasteiger charge is -2.30. The van der Waals surface area contributed by atoms with Gasteiger partial charge in [0.05, 0.1) is 0 Å². The summed E-state index contributed by atoms with van der Waals surface area (Å²) in [6, 6.07) is 11.1. The van der Waals surface area contributed by atoms with E-state index in [1.54, 1.807) is 4.80 Å². The minimum atomic E-state index is -0.241. The van der Waals surface area contributed by atoms with E-state index < -0.39 is 0 Å². The number of hydrogen-bond acceptors (Lipinski definition) is 4. The van der Waals surface area contributed by atoms with Crippen LogP contribution in [0.25, 0.3) is 10.8 Å². The van der Waals surface area contributed by atoms with Crippen LogP contribution in [-0.2, 0) is 0 Å². The third-order valence-electron chi connectivity index (χ3n) is 4.61. The Balaban J connectivity index is 1.84. The average Bonchev–Trinajstić information content (AvgIpc) is 3.13. The average molecular weight is 311 g/mol. The monoisotopic (exact) mass is 311 g/mol. The Morgan fingerprint density at radius 1 is 1.22 bits per heavy atom. The summed E-state index contributed by atoms with van der Waals surface area (Å²) >= 11 is 0. The number of fused-ring (bicyclic) bond motifs is 1. The molecule has 1 N–H and O–H groups in total. The smallest absolute Gasteiger partial charge is 0.162 e. The predicted molar refractivity (Wildman–Crippen MR) is 85.5 cm³/mol. The first-order chi connectivity index (χ1) is 11.3. The molecule has 0 aliphatic carbocycles. The van der Waals surface area contributed by atoms with E-state index in [4.69, 9.17) is 0 Å². The Morgan fingerprint density at radius 3 is 2.91 bits per heavy atom. The van der Waals surface area contributed by atoms with Gasteiger partial charge < -0.3 is 5.32 Å². The number of benzene rings is 2. The highest BCUT2D eigenvalue weighted by atomic mass is 19.1. The van der Waals surface area contributed by atoms with Gasteiger partial charge in [-0.3, -0.25) is 0 Å². The summed E-state index contributed by atoms with van der Waals surface area (Å²) in [5.41, 5.74) is 0.635. The van der Waals surface area contributed by atoms with Crippen molar-refractivity contribution in [3.8, 4) is 0 Å². The lowest BCUT2D eigenvalue weighted by atomic mass is 9.86. The van der Waals surface area contributed by atoms with Gasteiger partial charge in [0.1, 0.15) is 11.9 Å². The molecule has 1 aliphatic heterocycles. The maximum Gasteiger partial charge on any atom is 0.162 e. The molecule has 118 valence electrons. The molecule has 0 unspecified atom stereocenters.